The van der Waals surface area contributed by atoms with E-state index in [9.17, 15) is 4.79 Å². The van der Waals surface area contributed by atoms with Gasteiger partial charge in [-0.3, -0.25) is 4.79 Å². The minimum atomic E-state index is -0.192. The third kappa shape index (κ3) is 13.3. The van der Waals surface area contributed by atoms with Gasteiger partial charge in [0.05, 0.1) is 12.0 Å². The van der Waals surface area contributed by atoms with E-state index in [1.54, 1.807) is 11.3 Å². The van der Waals surface area contributed by atoms with Crippen molar-refractivity contribution < 1.29 is 35.8 Å². The van der Waals surface area contributed by atoms with Crippen molar-refractivity contribution in [3.8, 4) is 11.5 Å². The van der Waals surface area contributed by atoms with Crippen molar-refractivity contribution in [3.05, 3.63) is 70.7 Å². The van der Waals surface area contributed by atoms with Crippen LogP contribution in [0.5, 0.6) is 11.5 Å². The molecular formula is C33H47BrN2O3S. The largest absolute Gasteiger partial charge is 1.00 e. The van der Waals surface area contributed by atoms with Crippen molar-refractivity contribution >= 4 is 22.9 Å². The van der Waals surface area contributed by atoms with Gasteiger partial charge >= 0.3 is 0 Å². The fraction of sp³-hybridized carbons (Fsp3) is 0.515. The number of rotatable bonds is 20. The van der Waals surface area contributed by atoms with E-state index in [0.717, 1.165) is 24.2 Å². The van der Waals surface area contributed by atoms with Crippen LogP contribution < -0.4 is 36.3 Å². The van der Waals surface area contributed by atoms with Crippen LogP contribution in [0.4, 0.5) is 5.69 Å². The Bertz CT molecular complexity index is 1100. The SMILES string of the molecule is CCCCCCCCCCCCCCOc1ccccc1OCC(=O)Nc1cccc(C[n+]2cscc2C)c1.[Br-]. The normalized spacial score (nSPS) is 10.7. The molecule has 7 heteroatoms. The summed E-state index contributed by atoms with van der Waals surface area (Å²) in [6.45, 7) is 5.74. The highest BCUT2D eigenvalue weighted by Crippen LogP contribution is 2.27. The lowest BCUT2D eigenvalue weighted by molar-refractivity contribution is -0.689. The van der Waals surface area contributed by atoms with Gasteiger partial charge in [0.25, 0.3) is 5.91 Å². The quantitative estimate of drug-likeness (QED) is 0.133. The maximum atomic E-state index is 12.6. The first-order valence-corrected chi connectivity index (χ1v) is 15.8. The number of halogens is 1. The molecule has 0 fully saturated rings. The molecule has 1 N–H and O–H groups in total. The van der Waals surface area contributed by atoms with Gasteiger partial charge in [0.2, 0.25) is 5.51 Å². The number of hydrogen-bond acceptors (Lipinski definition) is 4. The highest BCUT2D eigenvalue weighted by Gasteiger charge is 2.11. The number of hydrogen-bond donors (Lipinski definition) is 1. The smallest absolute Gasteiger partial charge is 0.262 e. The number of anilines is 1. The van der Waals surface area contributed by atoms with Gasteiger partial charge in [-0.2, -0.15) is 4.57 Å². The Kier molecular flexibility index (Phi) is 17.3. The average Bonchev–Trinajstić information content (AvgIpc) is 3.34. The molecule has 0 aliphatic carbocycles. The van der Waals surface area contributed by atoms with E-state index in [1.165, 1.54) is 76.3 Å². The van der Waals surface area contributed by atoms with Crippen molar-refractivity contribution in [1.29, 1.82) is 0 Å². The number of carbonyl (C=O) groups is 1. The molecule has 5 nitrogen and oxygen atoms in total. The second-order valence-corrected chi connectivity index (χ2v) is 11.1. The van der Waals surface area contributed by atoms with Crippen LogP contribution in [0, 0.1) is 6.92 Å². The summed E-state index contributed by atoms with van der Waals surface area (Å²) in [5.41, 5.74) is 5.23. The van der Waals surface area contributed by atoms with Crippen LogP contribution in [0.2, 0.25) is 0 Å². The number of nitrogens with zero attached hydrogens (tertiary/aromatic N) is 1. The summed E-state index contributed by atoms with van der Waals surface area (Å²) >= 11 is 1.69. The van der Waals surface area contributed by atoms with E-state index in [-0.39, 0.29) is 29.5 Å². The molecule has 40 heavy (non-hydrogen) atoms. The average molecular weight is 632 g/mol. The standard InChI is InChI=1S/C33H46N2O3S.BrH/c1-3-4-5-6-7-8-9-10-11-12-13-16-22-37-31-20-14-15-21-32(31)38-25-33(36)34-30-19-17-18-29(23-30)24-35-27-39-26-28(35)2;/h14-15,17-21,23,26-27H,3-13,16,22,24-25H2,1-2H3;1H. The Morgan fingerprint density at radius 3 is 2.08 bits per heavy atom. The number of carbonyl (C=O) groups excluding carboxylic acids is 1. The number of thiazole rings is 1. The van der Waals surface area contributed by atoms with Gasteiger partial charge in [-0.25, -0.2) is 0 Å². The molecule has 0 aliphatic heterocycles. The highest BCUT2D eigenvalue weighted by molar-refractivity contribution is 7.07. The lowest BCUT2D eigenvalue weighted by Gasteiger charge is -2.13. The minimum absolute atomic E-state index is 0. The second-order valence-electron chi connectivity index (χ2n) is 10.4. The Balaban J connectivity index is 0.00000560. The lowest BCUT2D eigenvalue weighted by atomic mass is 10.1. The van der Waals surface area contributed by atoms with E-state index in [1.807, 2.05) is 42.5 Å². The zero-order chi connectivity index (χ0) is 27.5. The Hall–Kier alpha value is -2.38. The molecule has 1 amide bonds. The number of unbranched alkanes of at least 4 members (excludes halogenated alkanes) is 11. The highest BCUT2D eigenvalue weighted by atomic mass is 79.9. The van der Waals surface area contributed by atoms with Gasteiger partial charge in [-0.15, -0.1) is 0 Å². The molecule has 2 aromatic carbocycles. The molecule has 1 aromatic heterocycles. The van der Waals surface area contributed by atoms with E-state index < -0.39 is 0 Å². The van der Waals surface area contributed by atoms with Crippen LogP contribution in [0.1, 0.15) is 95.2 Å². The second kappa shape index (κ2) is 20.5. The van der Waals surface area contributed by atoms with Crippen molar-refractivity contribution in [2.75, 3.05) is 18.5 Å². The molecular weight excluding hydrogens is 584 g/mol. The van der Waals surface area contributed by atoms with Crippen molar-refractivity contribution in [1.82, 2.24) is 0 Å². The number of benzene rings is 2. The number of aromatic nitrogens is 1. The zero-order valence-corrected chi connectivity index (χ0v) is 26.7. The molecule has 0 atom stereocenters. The predicted molar refractivity (Wildman–Crippen MR) is 162 cm³/mol. The number of ether oxygens (including phenoxy) is 2. The summed E-state index contributed by atoms with van der Waals surface area (Å²) in [7, 11) is 0. The monoisotopic (exact) mass is 630 g/mol. The third-order valence-corrected chi connectivity index (χ3v) is 7.76. The fourth-order valence-corrected chi connectivity index (χ4v) is 5.39. The predicted octanol–water partition coefficient (Wildman–Crippen LogP) is 5.49. The summed E-state index contributed by atoms with van der Waals surface area (Å²) in [5.74, 6) is 1.10. The number of aryl methyl sites for hydroxylation is 1. The van der Waals surface area contributed by atoms with Crippen LogP contribution >= 0.6 is 11.3 Å². The zero-order valence-electron chi connectivity index (χ0n) is 24.3. The van der Waals surface area contributed by atoms with E-state index in [4.69, 9.17) is 9.47 Å². The maximum Gasteiger partial charge on any atom is 0.262 e. The Morgan fingerprint density at radius 1 is 0.825 bits per heavy atom. The van der Waals surface area contributed by atoms with E-state index in [0.29, 0.717) is 18.1 Å². The maximum absolute atomic E-state index is 12.6. The fourth-order valence-electron chi connectivity index (χ4n) is 4.61. The molecule has 1 heterocycles. The summed E-state index contributed by atoms with van der Waals surface area (Å²) in [5, 5.41) is 5.08. The van der Waals surface area contributed by atoms with Crippen LogP contribution in [0.15, 0.2) is 59.4 Å². The molecule has 3 rings (SSSR count). The molecule has 0 radical (unpaired) electrons. The molecule has 0 saturated heterocycles. The van der Waals surface area contributed by atoms with E-state index in [2.05, 4.69) is 40.7 Å². The van der Waals surface area contributed by atoms with Crippen LogP contribution in [0.3, 0.4) is 0 Å². The number of nitrogens with one attached hydrogen (secondary N) is 1. The van der Waals surface area contributed by atoms with Gasteiger partial charge in [-0.1, -0.05) is 113 Å². The topological polar surface area (TPSA) is 51.4 Å². The molecule has 0 saturated carbocycles. The minimum Gasteiger partial charge on any atom is -1.00 e. The van der Waals surface area contributed by atoms with Gasteiger partial charge in [-0.05, 0) is 30.7 Å². The van der Waals surface area contributed by atoms with Crippen LogP contribution in [0.25, 0.3) is 0 Å². The molecule has 0 unspecified atom stereocenters. The van der Waals surface area contributed by atoms with Crippen molar-refractivity contribution in [3.63, 3.8) is 0 Å². The summed E-state index contributed by atoms with van der Waals surface area (Å²) in [6, 6.07) is 15.5. The third-order valence-electron chi connectivity index (χ3n) is 6.91. The lowest BCUT2D eigenvalue weighted by Crippen LogP contribution is -3.00. The van der Waals surface area contributed by atoms with Crippen LogP contribution in [-0.2, 0) is 11.3 Å². The van der Waals surface area contributed by atoms with Gasteiger partial charge in [0.1, 0.15) is 0 Å². The summed E-state index contributed by atoms with van der Waals surface area (Å²) < 4.78 is 14.0. The summed E-state index contributed by atoms with van der Waals surface area (Å²) in [4.78, 5) is 12.6. The van der Waals surface area contributed by atoms with E-state index >= 15 is 0 Å². The number of para-hydroxylation sites is 2. The summed E-state index contributed by atoms with van der Waals surface area (Å²) in [6.07, 6.45) is 15.9. The van der Waals surface area contributed by atoms with Crippen LogP contribution in [-0.4, -0.2) is 19.1 Å². The molecule has 220 valence electrons. The van der Waals surface area contributed by atoms with Gasteiger partial charge in [0, 0.05) is 18.2 Å². The first kappa shape index (κ1) is 33.8. The molecule has 0 aliphatic rings. The molecule has 3 aromatic rings. The molecule has 0 spiro atoms. The van der Waals surface area contributed by atoms with Crippen molar-refractivity contribution in [2.24, 2.45) is 0 Å². The Morgan fingerprint density at radius 2 is 1.45 bits per heavy atom. The van der Waals surface area contributed by atoms with Crippen molar-refractivity contribution in [2.45, 2.75) is 97.4 Å². The van der Waals surface area contributed by atoms with Gasteiger partial charge < -0.3 is 31.8 Å². The Labute approximate surface area is 256 Å². The first-order chi connectivity index (χ1) is 19.2. The molecule has 0 bridgehead atoms. The number of amides is 1. The first-order valence-electron chi connectivity index (χ1n) is 14.8. The van der Waals surface area contributed by atoms with Gasteiger partial charge in [0.15, 0.2) is 30.3 Å².